The van der Waals surface area contributed by atoms with E-state index in [4.69, 9.17) is 0 Å². The van der Waals surface area contributed by atoms with Crippen molar-refractivity contribution in [2.45, 2.75) is 76.0 Å². The minimum Gasteiger partial charge on any atom is -0.380 e. The summed E-state index contributed by atoms with van der Waals surface area (Å²) in [5.74, 6) is -0.0797. The molecule has 2 aliphatic heterocycles. The number of piperazine rings is 1. The number of carbonyl (C=O) groups excluding carboxylic acids is 2. The first-order valence-corrected chi connectivity index (χ1v) is 10.9. The highest BCUT2D eigenvalue weighted by Gasteiger charge is 2.49. The summed E-state index contributed by atoms with van der Waals surface area (Å²) in [7, 11) is 0. The Balaban J connectivity index is 1.67. The van der Waals surface area contributed by atoms with E-state index in [1.54, 1.807) is 4.90 Å². The molecule has 0 bridgehead atoms. The van der Waals surface area contributed by atoms with Crippen LogP contribution in [0.5, 0.6) is 0 Å². The van der Waals surface area contributed by atoms with E-state index in [1.807, 2.05) is 24.8 Å². The van der Waals surface area contributed by atoms with Crippen LogP contribution >= 0.6 is 0 Å². The molecule has 2 fully saturated rings. The lowest BCUT2D eigenvalue weighted by Crippen LogP contribution is -2.67. The molecule has 2 amide bonds. The predicted molar refractivity (Wildman–Crippen MR) is 112 cm³/mol. The van der Waals surface area contributed by atoms with Crippen molar-refractivity contribution in [1.82, 2.24) is 9.80 Å². The third-order valence-electron chi connectivity index (χ3n) is 6.89. The smallest absolute Gasteiger partial charge is 0.278 e. The number of hydrogen-bond acceptors (Lipinski definition) is 4. The van der Waals surface area contributed by atoms with Crippen LogP contribution in [0, 0.1) is 0 Å². The maximum absolute atomic E-state index is 13.1. The molecule has 0 aromatic heterocycles. The van der Waals surface area contributed by atoms with Gasteiger partial charge in [-0.25, -0.2) is 0 Å². The van der Waals surface area contributed by atoms with Gasteiger partial charge in [-0.15, -0.1) is 0 Å². The number of benzene rings is 1. The van der Waals surface area contributed by atoms with Crippen LogP contribution in [0.1, 0.15) is 57.9 Å². The number of rotatable bonds is 4. The van der Waals surface area contributed by atoms with Crippen molar-refractivity contribution in [2.24, 2.45) is 4.99 Å². The number of aliphatic imine (C=N–C) groups is 1. The quantitative estimate of drug-likeness (QED) is 0.847. The highest BCUT2D eigenvalue weighted by atomic mass is 16.3. The van der Waals surface area contributed by atoms with Gasteiger partial charge in [0.15, 0.2) is 6.10 Å². The normalized spacial score (nSPS) is 27.1. The molecule has 29 heavy (non-hydrogen) atoms. The molecular weight excluding hydrogens is 366 g/mol. The number of fused-ring (bicyclic) bond motifs is 1. The summed E-state index contributed by atoms with van der Waals surface area (Å²) in [5.41, 5.74) is 1.22. The van der Waals surface area contributed by atoms with E-state index < -0.39 is 18.1 Å². The highest BCUT2D eigenvalue weighted by molar-refractivity contribution is 6.05. The molecule has 3 aliphatic rings. The van der Waals surface area contributed by atoms with Crippen LogP contribution in [0.4, 0.5) is 0 Å². The summed E-state index contributed by atoms with van der Waals surface area (Å²) in [5, 5.41) is 10.5. The van der Waals surface area contributed by atoms with Gasteiger partial charge in [0.25, 0.3) is 5.91 Å². The van der Waals surface area contributed by atoms with E-state index in [9.17, 15) is 14.7 Å². The molecule has 1 saturated heterocycles. The largest absolute Gasteiger partial charge is 0.380 e. The first-order valence-electron chi connectivity index (χ1n) is 10.9. The zero-order valence-corrected chi connectivity index (χ0v) is 17.4. The maximum atomic E-state index is 13.1. The van der Waals surface area contributed by atoms with Gasteiger partial charge in [0.1, 0.15) is 11.9 Å². The number of aliphatic hydroxyl groups is 1. The van der Waals surface area contributed by atoms with Crippen LogP contribution in [-0.2, 0) is 15.0 Å². The Kier molecular flexibility index (Phi) is 5.47. The summed E-state index contributed by atoms with van der Waals surface area (Å²) < 4.78 is 0. The highest BCUT2D eigenvalue weighted by Crippen LogP contribution is 2.43. The van der Waals surface area contributed by atoms with Gasteiger partial charge < -0.3 is 14.9 Å². The lowest BCUT2D eigenvalue weighted by molar-refractivity contribution is -0.152. The summed E-state index contributed by atoms with van der Waals surface area (Å²) in [6, 6.07) is 9.70. The Bertz CT molecular complexity index is 799. The molecule has 1 aliphatic carbocycles. The summed E-state index contributed by atoms with van der Waals surface area (Å²) in [4.78, 5) is 33.6. The molecule has 1 aromatic carbocycles. The average molecular weight is 398 g/mol. The van der Waals surface area contributed by atoms with Gasteiger partial charge in [0.2, 0.25) is 5.91 Å². The van der Waals surface area contributed by atoms with Crippen molar-refractivity contribution in [3.63, 3.8) is 0 Å². The third kappa shape index (κ3) is 3.59. The Morgan fingerprint density at radius 2 is 1.79 bits per heavy atom. The predicted octanol–water partition coefficient (Wildman–Crippen LogP) is 2.50. The summed E-state index contributed by atoms with van der Waals surface area (Å²) in [6.07, 6.45) is 4.90. The molecule has 1 saturated carbocycles. The fourth-order valence-corrected chi connectivity index (χ4v) is 5.30. The molecule has 2 atom stereocenters. The maximum Gasteiger partial charge on any atom is 0.278 e. The molecule has 2 heterocycles. The van der Waals surface area contributed by atoms with E-state index in [1.165, 1.54) is 12.0 Å². The number of aliphatic hydroxyl groups excluding tert-OH is 1. The van der Waals surface area contributed by atoms with E-state index in [2.05, 4.69) is 29.3 Å². The molecular formula is C23H31N3O3. The molecule has 156 valence electrons. The van der Waals surface area contributed by atoms with E-state index >= 15 is 0 Å². The lowest BCUT2D eigenvalue weighted by Gasteiger charge is -2.48. The molecule has 4 rings (SSSR count). The molecule has 6 heteroatoms. The van der Waals surface area contributed by atoms with Gasteiger partial charge in [-0.3, -0.25) is 9.59 Å². The van der Waals surface area contributed by atoms with E-state index in [0.29, 0.717) is 25.3 Å². The van der Waals surface area contributed by atoms with Crippen LogP contribution < -0.4 is 0 Å². The molecule has 6 nitrogen and oxygen atoms in total. The number of amides is 2. The number of nitrogens with zero attached hydrogens (tertiary/aromatic N) is 3. The monoisotopic (exact) mass is 397 g/mol. The minimum absolute atomic E-state index is 0.0447. The van der Waals surface area contributed by atoms with Gasteiger partial charge in [0.05, 0.1) is 0 Å². The van der Waals surface area contributed by atoms with Crippen molar-refractivity contribution in [3.8, 4) is 0 Å². The minimum atomic E-state index is -1.38. The second-order valence-corrected chi connectivity index (χ2v) is 8.96. The van der Waals surface area contributed by atoms with Crippen LogP contribution in [-0.4, -0.2) is 63.8 Å². The number of amidine groups is 1. The Hall–Kier alpha value is -2.21. The Labute approximate surface area is 172 Å². The van der Waals surface area contributed by atoms with Crippen molar-refractivity contribution >= 4 is 17.6 Å². The summed E-state index contributed by atoms with van der Waals surface area (Å²) >= 11 is 0. The SMILES string of the molecule is CC(C)N1CCN2C(CC3(c4ccccc4)CCCCC3)=NC(=O)C(O)C2C1=O. The van der Waals surface area contributed by atoms with E-state index in [0.717, 1.165) is 25.7 Å². The number of hydrogen-bond donors (Lipinski definition) is 1. The standard InChI is InChI=1S/C23H31N3O3/c1-16(2)25-13-14-26-18(24-21(28)20(27)19(26)22(25)29)15-23(11-7-4-8-12-23)17-9-5-3-6-10-17/h3,5-6,9-10,16,19-20,27H,4,7-8,11-15H2,1-2H3. The van der Waals surface area contributed by atoms with Crippen LogP contribution in [0.2, 0.25) is 0 Å². The Morgan fingerprint density at radius 3 is 2.45 bits per heavy atom. The van der Waals surface area contributed by atoms with Crippen molar-refractivity contribution in [3.05, 3.63) is 35.9 Å². The zero-order chi connectivity index (χ0) is 20.6. The first kappa shape index (κ1) is 20.1. The van der Waals surface area contributed by atoms with Gasteiger partial charge in [-0.2, -0.15) is 4.99 Å². The molecule has 0 radical (unpaired) electrons. The van der Waals surface area contributed by atoms with Crippen molar-refractivity contribution in [2.75, 3.05) is 13.1 Å². The summed E-state index contributed by atoms with van der Waals surface area (Å²) in [6.45, 7) is 5.12. The fraction of sp³-hybridized carbons (Fsp3) is 0.609. The zero-order valence-electron chi connectivity index (χ0n) is 17.4. The topological polar surface area (TPSA) is 73.2 Å². The molecule has 1 N–H and O–H groups in total. The third-order valence-corrected chi connectivity index (χ3v) is 6.89. The molecule has 0 spiro atoms. The van der Waals surface area contributed by atoms with Crippen LogP contribution in [0.25, 0.3) is 0 Å². The van der Waals surface area contributed by atoms with E-state index in [-0.39, 0.29) is 17.4 Å². The molecule has 2 unspecified atom stereocenters. The Morgan fingerprint density at radius 1 is 1.10 bits per heavy atom. The van der Waals surface area contributed by atoms with Crippen molar-refractivity contribution in [1.29, 1.82) is 0 Å². The second kappa shape index (κ2) is 7.90. The van der Waals surface area contributed by atoms with Crippen molar-refractivity contribution < 1.29 is 14.7 Å². The van der Waals surface area contributed by atoms with Gasteiger partial charge in [0, 0.05) is 31.0 Å². The first-order chi connectivity index (χ1) is 13.9. The molecule has 1 aromatic rings. The van der Waals surface area contributed by atoms with Crippen LogP contribution in [0.3, 0.4) is 0 Å². The lowest BCUT2D eigenvalue weighted by atomic mass is 9.67. The second-order valence-electron chi connectivity index (χ2n) is 8.96. The van der Waals surface area contributed by atoms with Gasteiger partial charge >= 0.3 is 0 Å². The van der Waals surface area contributed by atoms with Gasteiger partial charge in [-0.05, 0) is 32.3 Å². The number of carbonyl (C=O) groups is 2. The van der Waals surface area contributed by atoms with Crippen LogP contribution in [0.15, 0.2) is 35.3 Å². The van der Waals surface area contributed by atoms with Gasteiger partial charge in [-0.1, -0.05) is 49.6 Å². The fourth-order valence-electron chi connectivity index (χ4n) is 5.30. The average Bonchev–Trinajstić information content (AvgIpc) is 2.73.